The summed E-state index contributed by atoms with van der Waals surface area (Å²) in [5, 5.41) is 32.4. The number of carboxylic acids is 1. The van der Waals surface area contributed by atoms with E-state index in [4.69, 9.17) is 20.5 Å². The zero-order valence-electron chi connectivity index (χ0n) is 13.4. The lowest BCUT2D eigenvalue weighted by molar-refractivity contribution is -0.141. The first-order valence-corrected chi connectivity index (χ1v) is 7.50. The second-order valence-electron chi connectivity index (χ2n) is 5.18. The topological polar surface area (TPSA) is 165 Å². The Bertz CT molecular complexity index is 615. The van der Waals surface area contributed by atoms with Gasteiger partial charge in [0, 0.05) is 4.91 Å². The summed E-state index contributed by atoms with van der Waals surface area (Å²) in [5.74, 6) is -1.32. The average Bonchev–Trinajstić information content (AvgIpc) is 2.61. The van der Waals surface area contributed by atoms with Crippen LogP contribution in [0.2, 0.25) is 0 Å². The highest BCUT2D eigenvalue weighted by Crippen LogP contribution is 2.14. The van der Waals surface area contributed by atoms with Crippen molar-refractivity contribution < 1.29 is 29.6 Å². The Morgan fingerprint density at radius 3 is 2.56 bits per heavy atom. The number of carbonyl (C=O) groups excluding carboxylic acids is 1. The first-order valence-electron chi connectivity index (χ1n) is 7.50. The van der Waals surface area contributed by atoms with Crippen molar-refractivity contribution in [3.63, 3.8) is 0 Å². The van der Waals surface area contributed by atoms with E-state index in [-0.39, 0.29) is 19.6 Å². The first kappa shape index (κ1) is 20.2. The van der Waals surface area contributed by atoms with E-state index in [0.717, 1.165) is 5.56 Å². The highest BCUT2D eigenvalue weighted by Gasteiger charge is 2.19. The van der Waals surface area contributed by atoms with Crippen molar-refractivity contribution >= 4 is 11.9 Å². The normalized spacial score (nSPS) is 12.6. The van der Waals surface area contributed by atoms with Crippen LogP contribution in [0.3, 0.4) is 0 Å². The molecule has 0 fully saturated rings. The third-order valence-electron chi connectivity index (χ3n) is 3.21. The minimum Gasteiger partial charge on any atom is -0.491 e. The number of aliphatic carboxylic acids is 1. The molecular weight excluding hydrogens is 332 g/mol. The summed E-state index contributed by atoms with van der Waals surface area (Å²) in [7, 11) is 0. The minimum atomic E-state index is -1.17. The number of azide groups is 1. The molecule has 2 unspecified atom stereocenters. The lowest BCUT2D eigenvalue weighted by Gasteiger charge is -2.14. The zero-order chi connectivity index (χ0) is 18.7. The van der Waals surface area contributed by atoms with Crippen LogP contribution in [0.4, 0.5) is 0 Å². The Morgan fingerprint density at radius 2 is 2.00 bits per heavy atom. The number of aryl methyl sites for hydroxylation is 1. The Hall–Kier alpha value is -2.81. The Labute approximate surface area is 143 Å². The average molecular weight is 352 g/mol. The SMILES string of the molecule is [N-]=[N+]=NCC(=O)NC(CCc1ccc(OCC(O)CO)cc1)C(=O)O. The van der Waals surface area contributed by atoms with Gasteiger partial charge in [-0.15, -0.1) is 0 Å². The van der Waals surface area contributed by atoms with Crippen LogP contribution in [0.1, 0.15) is 12.0 Å². The number of aliphatic hydroxyl groups is 2. The van der Waals surface area contributed by atoms with E-state index < -0.39 is 30.6 Å². The first-order chi connectivity index (χ1) is 12.0. The van der Waals surface area contributed by atoms with Crippen molar-refractivity contribution in [1.29, 1.82) is 0 Å². The van der Waals surface area contributed by atoms with Crippen molar-refractivity contribution in [2.24, 2.45) is 5.11 Å². The molecule has 0 aliphatic heterocycles. The molecule has 4 N–H and O–H groups in total. The van der Waals surface area contributed by atoms with Crippen molar-refractivity contribution in [2.45, 2.75) is 25.0 Å². The lowest BCUT2D eigenvalue weighted by atomic mass is 10.0. The molecule has 10 heteroatoms. The zero-order valence-corrected chi connectivity index (χ0v) is 13.4. The second-order valence-corrected chi connectivity index (χ2v) is 5.18. The van der Waals surface area contributed by atoms with E-state index >= 15 is 0 Å². The van der Waals surface area contributed by atoms with Gasteiger partial charge in [-0.3, -0.25) is 4.79 Å². The third kappa shape index (κ3) is 8.02. The monoisotopic (exact) mass is 352 g/mol. The van der Waals surface area contributed by atoms with Gasteiger partial charge in [0.25, 0.3) is 0 Å². The van der Waals surface area contributed by atoms with Crippen LogP contribution >= 0.6 is 0 Å². The summed E-state index contributed by atoms with van der Waals surface area (Å²) in [6.07, 6.45) is -0.385. The maximum atomic E-state index is 11.4. The van der Waals surface area contributed by atoms with Crippen LogP contribution < -0.4 is 10.1 Å². The van der Waals surface area contributed by atoms with Crippen LogP contribution in [0.15, 0.2) is 29.4 Å². The molecule has 0 saturated heterocycles. The van der Waals surface area contributed by atoms with E-state index in [2.05, 4.69) is 15.3 Å². The number of rotatable bonds is 11. The number of amides is 1. The quantitative estimate of drug-likeness (QED) is 0.253. The summed E-state index contributed by atoms with van der Waals surface area (Å²) in [6.45, 7) is -0.875. The fraction of sp³-hybridized carbons (Fsp3) is 0.467. The van der Waals surface area contributed by atoms with Gasteiger partial charge in [-0.05, 0) is 36.1 Å². The molecular formula is C15H20N4O6. The molecule has 25 heavy (non-hydrogen) atoms. The fourth-order valence-electron chi connectivity index (χ4n) is 1.90. The van der Waals surface area contributed by atoms with Gasteiger partial charge in [0.15, 0.2) is 0 Å². The Morgan fingerprint density at radius 1 is 1.32 bits per heavy atom. The molecule has 0 radical (unpaired) electrons. The van der Waals surface area contributed by atoms with Crippen LogP contribution in [0, 0.1) is 0 Å². The van der Waals surface area contributed by atoms with Gasteiger partial charge in [0.05, 0.1) is 6.61 Å². The predicted molar refractivity (Wildman–Crippen MR) is 86.9 cm³/mol. The highest BCUT2D eigenvalue weighted by molar-refractivity contribution is 5.84. The maximum absolute atomic E-state index is 11.4. The summed E-state index contributed by atoms with van der Waals surface area (Å²) >= 11 is 0. The molecule has 136 valence electrons. The van der Waals surface area contributed by atoms with E-state index in [1.807, 2.05) is 0 Å². The number of carbonyl (C=O) groups is 2. The lowest BCUT2D eigenvalue weighted by Crippen LogP contribution is -2.42. The second kappa shape index (κ2) is 10.9. The van der Waals surface area contributed by atoms with E-state index in [1.165, 1.54) is 0 Å². The summed E-state index contributed by atoms with van der Waals surface area (Å²) in [5.41, 5.74) is 8.98. The molecule has 0 aromatic heterocycles. The molecule has 1 aromatic rings. The van der Waals surface area contributed by atoms with Gasteiger partial charge in [0.2, 0.25) is 5.91 Å². The smallest absolute Gasteiger partial charge is 0.326 e. The molecule has 0 bridgehead atoms. The Balaban J connectivity index is 2.51. The minimum absolute atomic E-state index is 0.0336. The standard InChI is InChI=1S/C15H20N4O6/c16-19-17-7-14(22)18-13(15(23)24)6-3-10-1-4-12(5-2-10)25-9-11(21)8-20/h1-2,4-5,11,13,20-21H,3,6-9H2,(H,18,22)(H,23,24). The van der Waals surface area contributed by atoms with Gasteiger partial charge in [-0.25, -0.2) is 4.79 Å². The van der Waals surface area contributed by atoms with Crippen molar-refractivity contribution in [1.82, 2.24) is 5.32 Å². The molecule has 1 aromatic carbocycles. The fourth-order valence-corrected chi connectivity index (χ4v) is 1.90. The summed E-state index contributed by atoms with van der Waals surface area (Å²) in [4.78, 5) is 25.0. The van der Waals surface area contributed by atoms with Gasteiger partial charge in [0.1, 0.15) is 31.0 Å². The maximum Gasteiger partial charge on any atom is 0.326 e. The third-order valence-corrected chi connectivity index (χ3v) is 3.21. The van der Waals surface area contributed by atoms with Gasteiger partial charge in [-0.1, -0.05) is 17.2 Å². The van der Waals surface area contributed by atoms with Crippen LogP contribution in [0.25, 0.3) is 10.4 Å². The number of hydrogen-bond donors (Lipinski definition) is 4. The Kier molecular flexibility index (Phi) is 8.80. The number of hydrogen-bond acceptors (Lipinski definition) is 6. The molecule has 1 rings (SSSR count). The van der Waals surface area contributed by atoms with Gasteiger partial charge in [-0.2, -0.15) is 0 Å². The molecule has 2 atom stereocenters. The largest absolute Gasteiger partial charge is 0.491 e. The molecule has 10 nitrogen and oxygen atoms in total. The number of nitrogens with zero attached hydrogens (tertiary/aromatic N) is 3. The van der Waals surface area contributed by atoms with Gasteiger partial charge < -0.3 is 25.4 Å². The van der Waals surface area contributed by atoms with E-state index in [1.54, 1.807) is 24.3 Å². The van der Waals surface area contributed by atoms with Crippen molar-refractivity contribution in [2.75, 3.05) is 19.8 Å². The number of carboxylic acid groups (broad SMARTS) is 1. The number of ether oxygens (including phenoxy) is 1. The number of aliphatic hydroxyl groups excluding tert-OH is 2. The predicted octanol–water partition coefficient (Wildman–Crippen LogP) is 0.231. The molecule has 0 heterocycles. The molecule has 0 saturated carbocycles. The number of nitrogens with one attached hydrogen (secondary N) is 1. The van der Waals surface area contributed by atoms with E-state index in [0.29, 0.717) is 12.2 Å². The molecule has 0 aliphatic carbocycles. The van der Waals surface area contributed by atoms with Crippen LogP contribution in [-0.4, -0.2) is 59.1 Å². The summed E-state index contributed by atoms with van der Waals surface area (Å²) < 4.78 is 5.27. The van der Waals surface area contributed by atoms with Crippen molar-refractivity contribution in [3.05, 3.63) is 40.3 Å². The number of benzene rings is 1. The van der Waals surface area contributed by atoms with Crippen LogP contribution in [-0.2, 0) is 16.0 Å². The van der Waals surface area contributed by atoms with Crippen LogP contribution in [0.5, 0.6) is 5.75 Å². The summed E-state index contributed by atoms with van der Waals surface area (Å²) in [6, 6.07) is 5.71. The highest BCUT2D eigenvalue weighted by atomic mass is 16.5. The molecule has 0 aliphatic rings. The van der Waals surface area contributed by atoms with Crippen molar-refractivity contribution in [3.8, 4) is 5.75 Å². The van der Waals surface area contributed by atoms with E-state index in [9.17, 15) is 14.7 Å². The molecule has 0 spiro atoms. The molecule has 1 amide bonds. The van der Waals surface area contributed by atoms with Gasteiger partial charge >= 0.3 is 5.97 Å².